The van der Waals surface area contributed by atoms with Crippen molar-refractivity contribution >= 4 is 12.3 Å². The largest absolute Gasteiger partial charge is 0.469 e. The van der Waals surface area contributed by atoms with Crippen molar-refractivity contribution in [3.8, 4) is 0 Å². The molecular formula is C11H16N2O3. The van der Waals surface area contributed by atoms with Crippen molar-refractivity contribution in [2.24, 2.45) is 5.10 Å². The number of amides is 1. The van der Waals surface area contributed by atoms with Crippen LogP contribution in [0.4, 0.5) is 4.79 Å². The van der Waals surface area contributed by atoms with E-state index in [0.29, 0.717) is 6.42 Å². The highest BCUT2D eigenvalue weighted by molar-refractivity contribution is 5.69. The summed E-state index contributed by atoms with van der Waals surface area (Å²) in [4.78, 5) is 11.1. The molecule has 0 aliphatic heterocycles. The summed E-state index contributed by atoms with van der Waals surface area (Å²) < 4.78 is 10.1. The van der Waals surface area contributed by atoms with E-state index in [1.165, 1.54) is 0 Å². The molecule has 0 saturated carbocycles. The normalized spacial score (nSPS) is 11.7. The third kappa shape index (κ3) is 5.19. The van der Waals surface area contributed by atoms with Crippen LogP contribution in [-0.2, 0) is 11.2 Å². The molecule has 0 aromatic carbocycles. The van der Waals surface area contributed by atoms with Gasteiger partial charge in [-0.15, -0.1) is 0 Å². The highest BCUT2D eigenvalue weighted by atomic mass is 16.6. The van der Waals surface area contributed by atoms with Crippen molar-refractivity contribution in [3.63, 3.8) is 0 Å². The Morgan fingerprint density at radius 2 is 2.38 bits per heavy atom. The molecule has 5 nitrogen and oxygen atoms in total. The lowest BCUT2D eigenvalue weighted by Crippen LogP contribution is -2.29. The lowest BCUT2D eigenvalue weighted by Gasteiger charge is -2.18. The Morgan fingerprint density at radius 3 is 2.94 bits per heavy atom. The number of furan rings is 1. The predicted molar refractivity (Wildman–Crippen MR) is 60.3 cm³/mol. The minimum absolute atomic E-state index is 0.513. The first-order valence-electron chi connectivity index (χ1n) is 5.00. The summed E-state index contributed by atoms with van der Waals surface area (Å²) in [5.41, 5.74) is 1.75. The second-order valence-electron chi connectivity index (χ2n) is 4.21. The summed E-state index contributed by atoms with van der Waals surface area (Å²) >= 11 is 0. The van der Waals surface area contributed by atoms with Gasteiger partial charge in [0.2, 0.25) is 0 Å². The molecule has 0 aliphatic carbocycles. The van der Waals surface area contributed by atoms with Gasteiger partial charge in [-0.2, -0.15) is 5.10 Å². The molecular weight excluding hydrogens is 208 g/mol. The Morgan fingerprint density at radius 1 is 1.62 bits per heavy atom. The van der Waals surface area contributed by atoms with Gasteiger partial charge in [0.25, 0.3) is 0 Å². The van der Waals surface area contributed by atoms with Gasteiger partial charge in [0, 0.05) is 12.6 Å². The maximum atomic E-state index is 11.1. The van der Waals surface area contributed by atoms with Crippen molar-refractivity contribution in [2.45, 2.75) is 32.8 Å². The second-order valence-corrected chi connectivity index (χ2v) is 4.21. The number of hydrogen-bond donors (Lipinski definition) is 1. The Hall–Kier alpha value is -1.78. The van der Waals surface area contributed by atoms with E-state index in [1.807, 2.05) is 6.07 Å². The zero-order valence-corrected chi connectivity index (χ0v) is 9.69. The minimum atomic E-state index is -0.566. The predicted octanol–water partition coefficient (Wildman–Crippen LogP) is 2.33. The van der Waals surface area contributed by atoms with Crippen LogP contribution in [0.5, 0.6) is 0 Å². The van der Waals surface area contributed by atoms with Crippen LogP contribution in [0.25, 0.3) is 0 Å². The van der Waals surface area contributed by atoms with Gasteiger partial charge in [0.1, 0.15) is 11.4 Å². The maximum absolute atomic E-state index is 11.1. The zero-order chi connectivity index (χ0) is 12.0. The van der Waals surface area contributed by atoms with Gasteiger partial charge in [-0.1, -0.05) is 0 Å². The van der Waals surface area contributed by atoms with Crippen molar-refractivity contribution in [3.05, 3.63) is 24.2 Å². The van der Waals surface area contributed by atoms with Gasteiger partial charge >= 0.3 is 6.09 Å². The molecule has 1 amide bonds. The summed E-state index contributed by atoms with van der Waals surface area (Å²) in [6.07, 6.45) is 3.10. The van der Waals surface area contributed by atoms with Crippen LogP contribution >= 0.6 is 0 Å². The van der Waals surface area contributed by atoms with Crippen LogP contribution in [0, 0.1) is 0 Å². The van der Waals surface area contributed by atoms with Crippen molar-refractivity contribution in [1.29, 1.82) is 0 Å². The molecule has 0 saturated heterocycles. The number of hydrogen-bond acceptors (Lipinski definition) is 4. The summed E-state index contributed by atoms with van der Waals surface area (Å²) in [7, 11) is 0. The first-order chi connectivity index (χ1) is 7.47. The molecule has 0 atom stereocenters. The standard InChI is InChI=1S/C11H16N2O3/c1-11(2,3)16-10(14)13-12-7-6-9-5-4-8-15-9/h4-5,7-8H,6H2,1-3H3,(H,13,14). The fourth-order valence-corrected chi connectivity index (χ4v) is 0.964. The average molecular weight is 224 g/mol. The zero-order valence-electron chi connectivity index (χ0n) is 9.69. The van der Waals surface area contributed by atoms with E-state index < -0.39 is 11.7 Å². The topological polar surface area (TPSA) is 63.8 Å². The van der Waals surface area contributed by atoms with Crippen molar-refractivity contribution < 1.29 is 13.9 Å². The van der Waals surface area contributed by atoms with Crippen LogP contribution in [0.2, 0.25) is 0 Å². The third-order valence-corrected chi connectivity index (χ3v) is 1.52. The summed E-state index contributed by atoms with van der Waals surface area (Å²) in [5, 5.41) is 3.72. The number of nitrogens with zero attached hydrogens (tertiary/aromatic N) is 1. The Labute approximate surface area is 94.5 Å². The number of carbonyl (C=O) groups excluding carboxylic acids is 1. The van der Waals surface area contributed by atoms with Gasteiger partial charge in [-0.25, -0.2) is 10.2 Å². The lowest BCUT2D eigenvalue weighted by molar-refractivity contribution is 0.0529. The molecule has 1 N–H and O–H groups in total. The quantitative estimate of drug-likeness (QED) is 0.633. The van der Waals surface area contributed by atoms with Gasteiger partial charge in [0.15, 0.2) is 0 Å². The molecule has 0 aliphatic rings. The van der Waals surface area contributed by atoms with Crippen LogP contribution < -0.4 is 5.43 Å². The van der Waals surface area contributed by atoms with E-state index in [-0.39, 0.29) is 0 Å². The monoisotopic (exact) mass is 224 g/mol. The third-order valence-electron chi connectivity index (χ3n) is 1.52. The highest BCUT2D eigenvalue weighted by Crippen LogP contribution is 2.06. The molecule has 1 rings (SSSR count). The first-order valence-corrected chi connectivity index (χ1v) is 5.00. The molecule has 1 aromatic rings. The fourth-order valence-electron chi connectivity index (χ4n) is 0.964. The summed E-state index contributed by atoms with van der Waals surface area (Å²) in [6.45, 7) is 5.37. The Bertz CT molecular complexity index is 350. The van der Waals surface area contributed by atoms with Gasteiger partial charge < -0.3 is 9.15 Å². The molecule has 1 heterocycles. The van der Waals surface area contributed by atoms with E-state index in [4.69, 9.17) is 9.15 Å². The number of nitrogens with one attached hydrogen (secondary N) is 1. The van der Waals surface area contributed by atoms with Gasteiger partial charge in [-0.05, 0) is 32.9 Å². The number of rotatable bonds is 3. The summed E-state index contributed by atoms with van der Waals surface area (Å²) in [5.74, 6) is 0.787. The van der Waals surface area contributed by atoms with E-state index in [9.17, 15) is 4.79 Å². The Kier molecular flexibility index (Phi) is 4.10. The molecule has 0 fully saturated rings. The van der Waals surface area contributed by atoms with Crippen LogP contribution in [-0.4, -0.2) is 17.9 Å². The van der Waals surface area contributed by atoms with Gasteiger partial charge in [-0.3, -0.25) is 0 Å². The smallest absolute Gasteiger partial charge is 0.428 e. The summed E-state index contributed by atoms with van der Waals surface area (Å²) in [6, 6.07) is 3.63. The number of carbonyl (C=O) groups is 1. The van der Waals surface area contributed by atoms with Crippen LogP contribution in [0.1, 0.15) is 26.5 Å². The van der Waals surface area contributed by atoms with E-state index >= 15 is 0 Å². The average Bonchev–Trinajstić information content (AvgIpc) is 2.62. The highest BCUT2D eigenvalue weighted by Gasteiger charge is 2.15. The van der Waals surface area contributed by atoms with Crippen LogP contribution in [0.3, 0.4) is 0 Å². The maximum Gasteiger partial charge on any atom is 0.428 e. The van der Waals surface area contributed by atoms with Crippen LogP contribution in [0.15, 0.2) is 27.9 Å². The molecule has 0 spiro atoms. The van der Waals surface area contributed by atoms with Gasteiger partial charge in [0.05, 0.1) is 6.26 Å². The second kappa shape index (κ2) is 5.34. The molecule has 16 heavy (non-hydrogen) atoms. The van der Waals surface area contributed by atoms with E-state index in [0.717, 1.165) is 5.76 Å². The molecule has 88 valence electrons. The van der Waals surface area contributed by atoms with Crippen molar-refractivity contribution in [2.75, 3.05) is 0 Å². The number of ether oxygens (including phenoxy) is 1. The molecule has 0 radical (unpaired) electrons. The minimum Gasteiger partial charge on any atom is -0.469 e. The lowest BCUT2D eigenvalue weighted by atomic mass is 10.2. The molecule has 0 unspecified atom stereocenters. The SMILES string of the molecule is CC(C)(C)OC(=O)NN=CCc1ccco1. The molecule has 5 heteroatoms. The molecule has 1 aromatic heterocycles. The molecule has 0 bridgehead atoms. The van der Waals surface area contributed by atoms with Crippen molar-refractivity contribution in [1.82, 2.24) is 5.43 Å². The fraction of sp³-hybridized carbons (Fsp3) is 0.455. The Balaban J connectivity index is 2.24. The number of hydrazone groups is 1. The van der Waals surface area contributed by atoms with E-state index in [1.54, 1.807) is 39.3 Å². The van der Waals surface area contributed by atoms with E-state index in [2.05, 4.69) is 10.5 Å². The first kappa shape index (κ1) is 12.3.